The molecule has 0 aliphatic rings. The van der Waals surface area contributed by atoms with Gasteiger partial charge in [-0.1, -0.05) is 88.4 Å². The number of nitrogens with zero attached hydrogens (tertiary/aromatic N) is 1. The summed E-state index contributed by atoms with van der Waals surface area (Å²) in [5.74, 6) is -0.433. The Morgan fingerprint density at radius 1 is 0.969 bits per heavy atom. The predicted octanol–water partition coefficient (Wildman–Crippen LogP) is 6.52. The number of hydrogen-bond acceptors (Lipinski definition) is 5. The van der Waals surface area contributed by atoms with Gasteiger partial charge >= 0.3 is 5.97 Å². The lowest BCUT2D eigenvalue weighted by Crippen LogP contribution is -2.48. The summed E-state index contributed by atoms with van der Waals surface area (Å²) in [7, 11) is -2.23. The van der Waals surface area contributed by atoms with E-state index in [1.165, 1.54) is 0 Å². The Labute approximate surface area is 194 Å². The molecule has 0 aliphatic carbocycles. The number of rotatable bonds is 10. The zero-order chi connectivity index (χ0) is 23.9. The largest absolute Gasteiger partial charge is 0.465 e. The highest BCUT2D eigenvalue weighted by molar-refractivity contribution is 6.74. The number of benzene rings is 2. The zero-order valence-electron chi connectivity index (χ0n) is 20.5. The van der Waals surface area contributed by atoms with Crippen LogP contribution in [0.5, 0.6) is 0 Å². The molecule has 176 valence electrons. The molecule has 0 fully saturated rings. The fraction of sp³-hybridized carbons (Fsp3) is 0.500. The second-order valence-corrected chi connectivity index (χ2v) is 14.4. The first kappa shape index (κ1) is 26.3. The third-order valence-corrected chi connectivity index (χ3v) is 10.8. The van der Waals surface area contributed by atoms with Gasteiger partial charge in [0.2, 0.25) is 0 Å². The van der Waals surface area contributed by atoms with E-state index in [-0.39, 0.29) is 11.6 Å². The van der Waals surface area contributed by atoms with E-state index in [9.17, 15) is 10.0 Å². The summed E-state index contributed by atoms with van der Waals surface area (Å²) in [6.45, 7) is 14.9. The Bertz CT molecular complexity index is 836. The van der Waals surface area contributed by atoms with Crippen LogP contribution < -0.4 is 0 Å². The van der Waals surface area contributed by atoms with E-state index in [2.05, 4.69) is 33.9 Å². The Morgan fingerprint density at radius 2 is 1.47 bits per heavy atom. The van der Waals surface area contributed by atoms with Gasteiger partial charge in [-0.15, -0.1) is 0 Å². The first-order chi connectivity index (χ1) is 15.0. The molecule has 0 radical (unpaired) electrons. The summed E-state index contributed by atoms with van der Waals surface area (Å²) in [6, 6.07) is 18.3. The van der Waals surface area contributed by atoms with E-state index in [0.717, 1.165) is 16.2 Å². The quantitative estimate of drug-likeness (QED) is 0.250. The maximum Gasteiger partial charge on any atom is 0.325 e. The molecule has 0 unspecified atom stereocenters. The normalized spacial score (nSPS) is 15.3. The number of hydroxylamine groups is 2. The molecule has 3 atom stereocenters. The Morgan fingerprint density at radius 3 is 1.91 bits per heavy atom. The Balaban J connectivity index is 2.63. The van der Waals surface area contributed by atoms with Crippen LogP contribution in [0.2, 0.25) is 18.1 Å². The van der Waals surface area contributed by atoms with E-state index in [4.69, 9.17) is 9.16 Å². The smallest absolute Gasteiger partial charge is 0.325 e. The second kappa shape index (κ2) is 11.2. The highest BCUT2D eigenvalue weighted by atomic mass is 28.4. The van der Waals surface area contributed by atoms with Gasteiger partial charge in [-0.3, -0.25) is 4.79 Å². The molecule has 2 aromatic rings. The third kappa shape index (κ3) is 6.29. The monoisotopic (exact) mass is 457 g/mol. The molecule has 32 heavy (non-hydrogen) atoms. The van der Waals surface area contributed by atoms with Crippen LogP contribution >= 0.6 is 0 Å². The number of esters is 1. The van der Waals surface area contributed by atoms with Crippen molar-refractivity contribution in [3.05, 3.63) is 71.8 Å². The molecule has 5 nitrogen and oxygen atoms in total. The maximum absolute atomic E-state index is 12.7. The van der Waals surface area contributed by atoms with Crippen molar-refractivity contribution in [3.8, 4) is 0 Å². The van der Waals surface area contributed by atoms with Crippen molar-refractivity contribution in [1.82, 2.24) is 5.06 Å². The van der Waals surface area contributed by atoms with Crippen molar-refractivity contribution in [2.45, 2.75) is 77.4 Å². The fourth-order valence-electron chi connectivity index (χ4n) is 3.46. The molecule has 0 aromatic heterocycles. The molecular weight excluding hydrogens is 418 g/mol. The van der Waals surface area contributed by atoms with E-state index in [0.29, 0.717) is 6.42 Å². The van der Waals surface area contributed by atoms with Gasteiger partial charge in [0, 0.05) is 0 Å². The minimum absolute atomic E-state index is 0.0210. The Kier molecular flexibility index (Phi) is 9.22. The second-order valence-electron chi connectivity index (χ2n) is 9.62. The average Bonchev–Trinajstić information content (AvgIpc) is 2.74. The zero-order valence-corrected chi connectivity index (χ0v) is 21.5. The van der Waals surface area contributed by atoms with Gasteiger partial charge in [0.05, 0.1) is 18.8 Å². The van der Waals surface area contributed by atoms with Crippen molar-refractivity contribution < 1.29 is 19.2 Å². The summed E-state index contributed by atoms with van der Waals surface area (Å²) in [5, 5.41) is 12.6. The lowest BCUT2D eigenvalue weighted by molar-refractivity contribution is -0.202. The number of carbonyl (C=O) groups excluding carboxylic acids is 1. The molecule has 2 aromatic carbocycles. The van der Waals surface area contributed by atoms with Gasteiger partial charge < -0.3 is 14.4 Å². The van der Waals surface area contributed by atoms with Gasteiger partial charge in [0.1, 0.15) is 6.04 Å². The molecule has 1 N–H and O–H groups in total. The minimum Gasteiger partial charge on any atom is -0.465 e. The molecule has 0 heterocycles. The van der Waals surface area contributed by atoms with Crippen molar-refractivity contribution in [1.29, 1.82) is 0 Å². The van der Waals surface area contributed by atoms with Crippen molar-refractivity contribution in [2.24, 2.45) is 0 Å². The summed E-state index contributed by atoms with van der Waals surface area (Å²) in [6.07, 6.45) is -0.0479. The van der Waals surface area contributed by atoms with Crippen molar-refractivity contribution >= 4 is 14.3 Å². The molecule has 2 rings (SSSR count). The van der Waals surface area contributed by atoms with E-state index >= 15 is 0 Å². The van der Waals surface area contributed by atoms with Crippen molar-refractivity contribution in [2.75, 3.05) is 6.61 Å². The summed E-state index contributed by atoms with van der Waals surface area (Å²) < 4.78 is 12.2. The maximum atomic E-state index is 12.7. The van der Waals surface area contributed by atoms with Gasteiger partial charge in [-0.25, -0.2) is 0 Å². The third-order valence-electron chi connectivity index (χ3n) is 6.33. The lowest BCUT2D eigenvalue weighted by atomic mass is 9.94. The molecule has 0 aliphatic heterocycles. The van der Waals surface area contributed by atoms with Crippen LogP contribution in [0.4, 0.5) is 0 Å². The summed E-state index contributed by atoms with van der Waals surface area (Å²) in [5.41, 5.74) is 1.84. The van der Waals surface area contributed by atoms with Gasteiger partial charge in [0.25, 0.3) is 0 Å². The molecule has 0 saturated carbocycles. The van der Waals surface area contributed by atoms with Crippen LogP contribution in [0, 0.1) is 0 Å². The topological polar surface area (TPSA) is 59.0 Å². The number of carbonyl (C=O) groups is 1. The van der Waals surface area contributed by atoms with Crippen LogP contribution in [0.25, 0.3) is 0 Å². The number of hydrogen-bond donors (Lipinski definition) is 1. The molecule has 6 heteroatoms. The average molecular weight is 458 g/mol. The van der Waals surface area contributed by atoms with E-state index in [1.807, 2.05) is 67.6 Å². The van der Waals surface area contributed by atoms with E-state index < -0.39 is 32.5 Å². The highest BCUT2D eigenvalue weighted by Gasteiger charge is 2.44. The van der Waals surface area contributed by atoms with Crippen LogP contribution in [0.3, 0.4) is 0 Å². The van der Waals surface area contributed by atoms with Gasteiger partial charge in [-0.2, -0.15) is 5.06 Å². The summed E-state index contributed by atoms with van der Waals surface area (Å²) in [4.78, 5) is 12.7. The van der Waals surface area contributed by atoms with E-state index in [1.54, 1.807) is 6.92 Å². The molecule has 0 bridgehead atoms. The molecule has 0 amide bonds. The van der Waals surface area contributed by atoms with Crippen LogP contribution in [0.15, 0.2) is 60.7 Å². The van der Waals surface area contributed by atoms with Gasteiger partial charge in [0.15, 0.2) is 8.32 Å². The highest BCUT2D eigenvalue weighted by Crippen LogP contribution is 2.45. The van der Waals surface area contributed by atoms with Crippen LogP contribution in [-0.2, 0) is 14.0 Å². The molecule has 0 spiro atoms. The molecule has 0 saturated heterocycles. The Hall–Kier alpha value is -1.99. The first-order valence-corrected chi connectivity index (χ1v) is 14.4. The summed E-state index contributed by atoms with van der Waals surface area (Å²) >= 11 is 0. The van der Waals surface area contributed by atoms with Crippen LogP contribution in [-0.4, -0.2) is 37.2 Å². The predicted molar refractivity (Wildman–Crippen MR) is 131 cm³/mol. The number of ether oxygens (including phenoxy) is 1. The fourth-order valence-corrected chi connectivity index (χ4v) is 4.72. The first-order valence-electron chi connectivity index (χ1n) is 11.4. The molecular formula is C26H39NO4Si. The standard InChI is InChI=1S/C26H39NO4Si/c1-8-22(25(28)30-9-2)27(29)23(20-16-12-10-13-17-20)24(21-18-14-11-15-19-21)31-32(6,7)26(3,4)5/h10-19,22-24,29H,8-9H2,1-7H3/t22-,23-,24+/m1/s1. The van der Waals surface area contributed by atoms with Crippen molar-refractivity contribution in [3.63, 3.8) is 0 Å². The SMILES string of the molecule is CCOC(=O)[C@@H](CC)N(O)[C@H](c1ccccc1)[C@@H](O[Si](C)(C)C(C)(C)C)c1ccccc1. The lowest BCUT2D eigenvalue weighted by Gasteiger charge is -2.44. The van der Waals surface area contributed by atoms with Gasteiger partial charge in [-0.05, 0) is 42.6 Å². The van der Waals surface area contributed by atoms with Crippen LogP contribution in [0.1, 0.15) is 64.3 Å². The minimum atomic E-state index is -2.23.